The smallest absolute Gasteiger partial charge is 0.306 e. The maximum absolute atomic E-state index is 12.8. The van der Waals surface area contributed by atoms with Gasteiger partial charge in [0.15, 0.2) is 6.10 Å². The zero-order valence-electron chi connectivity index (χ0n) is 44.1. The number of hydrogen-bond acceptors (Lipinski definition) is 6. The number of allylic oxidation sites excluding steroid dienone is 18. The third-order valence-electron chi connectivity index (χ3n) is 11.5. The lowest BCUT2D eigenvalue weighted by Crippen LogP contribution is -2.30. The summed E-state index contributed by atoms with van der Waals surface area (Å²) in [5.41, 5.74) is 0. The van der Waals surface area contributed by atoms with E-state index >= 15 is 0 Å². The van der Waals surface area contributed by atoms with Gasteiger partial charge in [0.25, 0.3) is 0 Å². The van der Waals surface area contributed by atoms with E-state index in [1.807, 2.05) is 0 Å². The second-order valence-corrected chi connectivity index (χ2v) is 18.1. The maximum atomic E-state index is 12.8. The lowest BCUT2D eigenvalue weighted by atomic mass is 10.1. The Balaban J connectivity index is 4.42. The molecule has 0 saturated carbocycles. The van der Waals surface area contributed by atoms with Crippen molar-refractivity contribution in [3.63, 3.8) is 0 Å². The molecule has 0 aromatic carbocycles. The third-order valence-corrected chi connectivity index (χ3v) is 11.5. The first-order chi connectivity index (χ1) is 33.5. The van der Waals surface area contributed by atoms with Crippen LogP contribution in [0.5, 0.6) is 0 Å². The molecule has 0 aliphatic carbocycles. The molecule has 0 amide bonds. The molecular weight excluding hydrogens is 841 g/mol. The Labute approximate surface area is 419 Å². The number of hydrogen-bond donors (Lipinski definition) is 0. The number of esters is 3. The van der Waals surface area contributed by atoms with E-state index in [2.05, 4.69) is 130 Å². The lowest BCUT2D eigenvalue weighted by molar-refractivity contribution is -0.167. The van der Waals surface area contributed by atoms with Gasteiger partial charge < -0.3 is 14.2 Å². The highest BCUT2D eigenvalue weighted by molar-refractivity contribution is 5.71. The highest BCUT2D eigenvalue weighted by atomic mass is 16.6. The van der Waals surface area contributed by atoms with Crippen LogP contribution in [-0.2, 0) is 28.6 Å². The number of rotatable bonds is 49. The number of ether oxygens (including phenoxy) is 3. The Hall–Kier alpha value is -3.93. The van der Waals surface area contributed by atoms with E-state index in [1.54, 1.807) is 0 Å². The highest BCUT2D eigenvalue weighted by Gasteiger charge is 2.19. The Bertz CT molecular complexity index is 1410. The van der Waals surface area contributed by atoms with Crippen molar-refractivity contribution < 1.29 is 28.6 Å². The Kier molecular flexibility index (Phi) is 52.4. The van der Waals surface area contributed by atoms with Crippen molar-refractivity contribution in [2.75, 3.05) is 13.2 Å². The summed E-state index contributed by atoms with van der Waals surface area (Å²) in [6.07, 6.45) is 75.0. The quantitative estimate of drug-likeness (QED) is 0.0262. The van der Waals surface area contributed by atoms with Crippen LogP contribution in [0.2, 0.25) is 0 Å². The normalized spacial score (nSPS) is 12.9. The van der Waals surface area contributed by atoms with Gasteiger partial charge in [0.1, 0.15) is 13.2 Å². The molecule has 0 bridgehead atoms. The third kappa shape index (κ3) is 53.0. The fourth-order valence-corrected chi connectivity index (χ4v) is 7.35. The molecule has 1 atom stereocenters. The van der Waals surface area contributed by atoms with E-state index in [9.17, 15) is 14.4 Å². The first-order valence-corrected chi connectivity index (χ1v) is 27.9. The summed E-state index contributed by atoms with van der Waals surface area (Å²) < 4.78 is 16.8. The zero-order valence-corrected chi connectivity index (χ0v) is 44.1. The minimum Gasteiger partial charge on any atom is -0.462 e. The lowest BCUT2D eigenvalue weighted by Gasteiger charge is -2.18. The molecule has 68 heavy (non-hydrogen) atoms. The molecule has 0 radical (unpaired) electrons. The first kappa shape index (κ1) is 64.1. The second-order valence-electron chi connectivity index (χ2n) is 18.1. The summed E-state index contributed by atoms with van der Waals surface area (Å²) in [4.78, 5) is 38.1. The molecule has 0 fully saturated rings. The average Bonchev–Trinajstić information content (AvgIpc) is 3.34. The maximum Gasteiger partial charge on any atom is 0.306 e. The SMILES string of the molecule is CC/C=C\C/C=C\C/C=C\C/C=C\CCCCCCCCCCC(=O)OCC(COC(=O)CCCCCCC/C=C\C/C=C\CCCC)OC(=O)CCCCCCC/C=C\C/C=C\C/C=C\CC. The van der Waals surface area contributed by atoms with Gasteiger partial charge in [-0.3, -0.25) is 14.4 Å². The summed E-state index contributed by atoms with van der Waals surface area (Å²) >= 11 is 0. The molecule has 0 saturated heterocycles. The van der Waals surface area contributed by atoms with Gasteiger partial charge in [0.05, 0.1) is 0 Å². The Morgan fingerprint density at radius 2 is 0.574 bits per heavy atom. The summed E-state index contributed by atoms with van der Waals surface area (Å²) in [6.45, 7) is 6.34. The van der Waals surface area contributed by atoms with Crippen LogP contribution in [0.1, 0.15) is 245 Å². The molecule has 0 rings (SSSR count). The predicted octanol–water partition coefficient (Wildman–Crippen LogP) is 18.7. The highest BCUT2D eigenvalue weighted by Crippen LogP contribution is 2.14. The summed E-state index contributed by atoms with van der Waals surface area (Å²) in [5, 5.41) is 0. The van der Waals surface area contributed by atoms with Crippen LogP contribution in [0.25, 0.3) is 0 Å². The van der Waals surface area contributed by atoms with E-state index in [0.717, 1.165) is 154 Å². The van der Waals surface area contributed by atoms with Crippen LogP contribution < -0.4 is 0 Å². The van der Waals surface area contributed by atoms with Crippen LogP contribution in [0, 0.1) is 0 Å². The summed E-state index contributed by atoms with van der Waals surface area (Å²) in [6, 6.07) is 0. The topological polar surface area (TPSA) is 78.9 Å². The summed E-state index contributed by atoms with van der Waals surface area (Å²) in [5.74, 6) is -0.935. The van der Waals surface area contributed by atoms with Crippen molar-refractivity contribution in [2.45, 2.75) is 252 Å². The molecular formula is C62H102O6. The molecule has 0 aliphatic rings. The first-order valence-electron chi connectivity index (χ1n) is 27.9. The molecule has 1 unspecified atom stereocenters. The monoisotopic (exact) mass is 943 g/mol. The van der Waals surface area contributed by atoms with Gasteiger partial charge in [-0.25, -0.2) is 0 Å². The van der Waals surface area contributed by atoms with Crippen LogP contribution in [-0.4, -0.2) is 37.2 Å². The van der Waals surface area contributed by atoms with Gasteiger partial charge in [0, 0.05) is 19.3 Å². The van der Waals surface area contributed by atoms with Crippen LogP contribution in [0.3, 0.4) is 0 Å². The number of unbranched alkanes of at least 4 members (excludes halogenated alkanes) is 20. The van der Waals surface area contributed by atoms with Gasteiger partial charge in [-0.1, -0.05) is 220 Å². The van der Waals surface area contributed by atoms with Crippen molar-refractivity contribution in [1.82, 2.24) is 0 Å². The van der Waals surface area contributed by atoms with Gasteiger partial charge >= 0.3 is 17.9 Å². The molecule has 0 aromatic rings. The van der Waals surface area contributed by atoms with Crippen LogP contribution in [0.15, 0.2) is 109 Å². The average molecular weight is 943 g/mol. The molecule has 0 heterocycles. The van der Waals surface area contributed by atoms with E-state index < -0.39 is 6.10 Å². The molecule has 0 aromatic heterocycles. The molecule has 0 aliphatic heterocycles. The molecule has 0 N–H and O–H groups in total. The standard InChI is InChI=1S/C62H102O6/c1-4-7-10-13-16-19-22-25-28-29-30-31-32-33-35-37-40-43-46-49-52-55-61(64)67-58-59(57-66-60(63)54-51-48-45-42-39-36-27-24-21-18-15-12-9-6-3)68-62(65)56-53-50-47-44-41-38-34-26-23-20-17-14-11-8-5-2/h7-8,10-11,15-20,24-28,30-31,34,59H,4-6,9,12-14,21-23,29,32-33,35-58H2,1-3H3/b10-7-,11-8-,18-15-,19-16-,20-17-,27-24-,28-25-,31-30-,34-26-. The minimum atomic E-state index is -0.798. The predicted molar refractivity (Wildman–Crippen MR) is 293 cm³/mol. The zero-order chi connectivity index (χ0) is 49.3. The van der Waals surface area contributed by atoms with Crippen molar-refractivity contribution in [3.05, 3.63) is 109 Å². The molecule has 6 heteroatoms. The van der Waals surface area contributed by atoms with E-state index in [0.29, 0.717) is 19.3 Å². The van der Waals surface area contributed by atoms with E-state index in [1.165, 1.54) is 51.4 Å². The number of carbonyl (C=O) groups is 3. The Morgan fingerprint density at radius 1 is 0.309 bits per heavy atom. The number of carbonyl (C=O) groups excluding carboxylic acids is 3. The molecule has 386 valence electrons. The van der Waals surface area contributed by atoms with Crippen LogP contribution in [0.4, 0.5) is 0 Å². The fourth-order valence-electron chi connectivity index (χ4n) is 7.35. The van der Waals surface area contributed by atoms with Crippen molar-refractivity contribution in [1.29, 1.82) is 0 Å². The van der Waals surface area contributed by atoms with E-state index in [4.69, 9.17) is 14.2 Å². The van der Waals surface area contributed by atoms with Crippen molar-refractivity contribution in [2.24, 2.45) is 0 Å². The largest absolute Gasteiger partial charge is 0.462 e. The summed E-state index contributed by atoms with van der Waals surface area (Å²) in [7, 11) is 0. The molecule has 6 nitrogen and oxygen atoms in total. The van der Waals surface area contributed by atoms with Gasteiger partial charge in [0.2, 0.25) is 0 Å². The molecule has 0 spiro atoms. The van der Waals surface area contributed by atoms with Gasteiger partial charge in [-0.15, -0.1) is 0 Å². The van der Waals surface area contributed by atoms with Gasteiger partial charge in [-0.2, -0.15) is 0 Å². The minimum absolute atomic E-state index is 0.0957. The van der Waals surface area contributed by atoms with E-state index in [-0.39, 0.29) is 31.1 Å². The fraction of sp³-hybridized carbons (Fsp3) is 0.661. The Morgan fingerprint density at radius 3 is 0.897 bits per heavy atom. The van der Waals surface area contributed by atoms with Crippen LogP contribution >= 0.6 is 0 Å². The van der Waals surface area contributed by atoms with Crippen molar-refractivity contribution in [3.8, 4) is 0 Å². The second kappa shape index (κ2) is 55.7. The van der Waals surface area contributed by atoms with Crippen molar-refractivity contribution >= 4 is 17.9 Å². The van der Waals surface area contributed by atoms with Gasteiger partial charge in [-0.05, 0) is 116 Å².